The van der Waals surface area contributed by atoms with E-state index in [1.54, 1.807) is 30.3 Å². The van der Waals surface area contributed by atoms with E-state index in [9.17, 15) is 9.59 Å². The van der Waals surface area contributed by atoms with Gasteiger partial charge in [-0.15, -0.1) is 0 Å². The fourth-order valence-electron chi connectivity index (χ4n) is 2.21. The van der Waals surface area contributed by atoms with Crippen LogP contribution >= 0.6 is 11.6 Å². The Balaban J connectivity index is 2.01. The number of amides is 1. The van der Waals surface area contributed by atoms with Crippen molar-refractivity contribution >= 4 is 29.2 Å². The minimum atomic E-state index is -0.682. The average Bonchev–Trinajstić information content (AvgIpc) is 2.61. The molecule has 0 unspecified atom stereocenters. The van der Waals surface area contributed by atoms with Crippen LogP contribution in [0.2, 0.25) is 5.02 Å². The number of carbonyl (C=O) groups excluding carboxylic acids is 2. The number of esters is 1. The molecular formula is C18H18ClNO5. The van der Waals surface area contributed by atoms with Gasteiger partial charge >= 0.3 is 5.97 Å². The first-order valence-electron chi connectivity index (χ1n) is 7.40. The van der Waals surface area contributed by atoms with Gasteiger partial charge in [-0.05, 0) is 42.8 Å². The van der Waals surface area contributed by atoms with Crippen LogP contribution in [0.25, 0.3) is 0 Å². The highest BCUT2D eigenvalue weighted by molar-refractivity contribution is 6.30. The van der Waals surface area contributed by atoms with Crippen molar-refractivity contribution in [3.05, 3.63) is 52.5 Å². The summed E-state index contributed by atoms with van der Waals surface area (Å²) in [6.45, 7) is 1.38. The van der Waals surface area contributed by atoms with Crippen LogP contribution in [0.3, 0.4) is 0 Å². The van der Waals surface area contributed by atoms with Gasteiger partial charge in [-0.25, -0.2) is 4.79 Å². The maximum Gasteiger partial charge on any atom is 0.342 e. The first-order chi connectivity index (χ1) is 12.0. The van der Waals surface area contributed by atoms with Crippen LogP contribution < -0.4 is 14.8 Å². The van der Waals surface area contributed by atoms with Crippen LogP contribution in [0.15, 0.2) is 36.4 Å². The van der Waals surface area contributed by atoms with Gasteiger partial charge in [0.1, 0.15) is 5.56 Å². The Bertz CT molecular complexity index is 791. The second-order valence-electron chi connectivity index (χ2n) is 5.12. The van der Waals surface area contributed by atoms with Crippen LogP contribution in [-0.4, -0.2) is 32.7 Å². The number of benzene rings is 2. The number of para-hydroxylation sites is 1. The maximum absolute atomic E-state index is 12.2. The molecular weight excluding hydrogens is 346 g/mol. The largest absolute Gasteiger partial charge is 0.493 e. The molecule has 1 amide bonds. The molecule has 0 bridgehead atoms. The quantitative estimate of drug-likeness (QED) is 0.795. The Morgan fingerprint density at radius 1 is 1.12 bits per heavy atom. The molecule has 2 aromatic carbocycles. The number of nitrogens with one attached hydrogen (secondary N) is 1. The zero-order valence-electron chi connectivity index (χ0n) is 14.1. The minimum absolute atomic E-state index is 0.178. The fraction of sp³-hybridized carbons (Fsp3) is 0.222. The van der Waals surface area contributed by atoms with Crippen molar-refractivity contribution in [2.24, 2.45) is 0 Å². The Morgan fingerprint density at radius 2 is 1.88 bits per heavy atom. The van der Waals surface area contributed by atoms with Crippen molar-refractivity contribution in [2.75, 3.05) is 26.1 Å². The molecule has 2 aromatic rings. The summed E-state index contributed by atoms with van der Waals surface area (Å²) in [5.74, 6) is -0.485. The summed E-state index contributed by atoms with van der Waals surface area (Å²) in [7, 11) is 2.89. The van der Waals surface area contributed by atoms with Gasteiger partial charge in [0.15, 0.2) is 18.1 Å². The van der Waals surface area contributed by atoms with Gasteiger partial charge in [-0.2, -0.15) is 0 Å². The Kier molecular flexibility index (Phi) is 6.25. The lowest BCUT2D eigenvalue weighted by Crippen LogP contribution is -2.21. The summed E-state index contributed by atoms with van der Waals surface area (Å²) in [6.07, 6.45) is 0. The van der Waals surface area contributed by atoms with Gasteiger partial charge in [-0.3, -0.25) is 4.79 Å². The van der Waals surface area contributed by atoms with Gasteiger partial charge in [-0.1, -0.05) is 17.7 Å². The second kappa shape index (κ2) is 8.39. The molecule has 0 aromatic heterocycles. The predicted octanol–water partition coefficient (Wildman–Crippen LogP) is 3.46. The Morgan fingerprint density at radius 3 is 2.52 bits per heavy atom. The maximum atomic E-state index is 12.2. The third kappa shape index (κ3) is 4.64. The monoisotopic (exact) mass is 363 g/mol. The fourth-order valence-corrected chi connectivity index (χ4v) is 2.44. The average molecular weight is 364 g/mol. The highest BCUT2D eigenvalue weighted by Gasteiger charge is 2.18. The van der Waals surface area contributed by atoms with E-state index in [1.807, 2.05) is 6.92 Å². The molecule has 0 saturated heterocycles. The lowest BCUT2D eigenvalue weighted by molar-refractivity contribution is -0.119. The number of hydrogen-bond acceptors (Lipinski definition) is 5. The van der Waals surface area contributed by atoms with E-state index in [4.69, 9.17) is 25.8 Å². The Hall–Kier alpha value is -2.73. The van der Waals surface area contributed by atoms with E-state index < -0.39 is 18.5 Å². The van der Waals surface area contributed by atoms with Gasteiger partial charge in [0.25, 0.3) is 5.91 Å². The lowest BCUT2D eigenvalue weighted by Gasteiger charge is -2.12. The number of rotatable bonds is 6. The van der Waals surface area contributed by atoms with E-state index in [0.717, 1.165) is 5.56 Å². The second-order valence-corrected chi connectivity index (χ2v) is 5.56. The number of hydrogen-bond donors (Lipinski definition) is 1. The summed E-state index contributed by atoms with van der Waals surface area (Å²) < 4.78 is 15.4. The molecule has 25 heavy (non-hydrogen) atoms. The molecule has 7 heteroatoms. The van der Waals surface area contributed by atoms with Crippen LogP contribution in [-0.2, 0) is 9.53 Å². The van der Waals surface area contributed by atoms with Crippen LogP contribution in [0.4, 0.5) is 5.69 Å². The topological polar surface area (TPSA) is 73.9 Å². The van der Waals surface area contributed by atoms with Gasteiger partial charge in [0.2, 0.25) is 0 Å². The highest BCUT2D eigenvalue weighted by atomic mass is 35.5. The standard InChI is InChI=1S/C18H18ClNO5/c1-11-9-12(19)7-8-14(11)20-16(21)10-25-18(22)13-5-4-6-15(23-2)17(13)24-3/h4-9H,10H2,1-3H3,(H,20,21). The van der Waals surface area contributed by atoms with Gasteiger partial charge in [0, 0.05) is 10.7 Å². The third-order valence-electron chi connectivity index (χ3n) is 3.42. The van der Waals surface area contributed by atoms with Crippen molar-refractivity contribution in [1.82, 2.24) is 0 Å². The predicted molar refractivity (Wildman–Crippen MR) is 94.6 cm³/mol. The van der Waals surface area contributed by atoms with Crippen molar-refractivity contribution in [2.45, 2.75) is 6.92 Å². The smallest absolute Gasteiger partial charge is 0.342 e. The summed E-state index contributed by atoms with van der Waals surface area (Å²) >= 11 is 5.87. The molecule has 0 aliphatic carbocycles. The zero-order valence-corrected chi connectivity index (χ0v) is 14.8. The molecule has 0 spiro atoms. The normalized spacial score (nSPS) is 10.1. The molecule has 0 heterocycles. The molecule has 132 valence electrons. The molecule has 1 N–H and O–H groups in total. The van der Waals surface area contributed by atoms with E-state index in [0.29, 0.717) is 16.5 Å². The number of methoxy groups -OCH3 is 2. The van der Waals surface area contributed by atoms with Crippen molar-refractivity contribution < 1.29 is 23.8 Å². The van der Waals surface area contributed by atoms with E-state index >= 15 is 0 Å². The van der Waals surface area contributed by atoms with Crippen LogP contribution in [0, 0.1) is 6.92 Å². The summed E-state index contributed by atoms with van der Waals surface area (Å²) in [5.41, 5.74) is 1.59. The summed E-state index contributed by atoms with van der Waals surface area (Å²) in [6, 6.07) is 9.90. The lowest BCUT2D eigenvalue weighted by atomic mass is 10.2. The van der Waals surface area contributed by atoms with Crippen molar-refractivity contribution in [1.29, 1.82) is 0 Å². The zero-order chi connectivity index (χ0) is 18.4. The van der Waals surface area contributed by atoms with Crippen LogP contribution in [0.1, 0.15) is 15.9 Å². The summed E-state index contributed by atoms with van der Waals surface area (Å²) in [4.78, 5) is 24.2. The minimum Gasteiger partial charge on any atom is -0.493 e. The number of carbonyl (C=O) groups is 2. The molecule has 0 atom stereocenters. The number of aryl methyl sites for hydroxylation is 1. The van der Waals surface area contributed by atoms with Gasteiger partial charge < -0.3 is 19.5 Å². The van der Waals surface area contributed by atoms with E-state index in [-0.39, 0.29) is 11.3 Å². The molecule has 6 nitrogen and oxygen atoms in total. The molecule has 0 radical (unpaired) electrons. The molecule has 0 aliphatic heterocycles. The molecule has 2 rings (SSSR count). The molecule has 0 fully saturated rings. The number of ether oxygens (including phenoxy) is 3. The van der Waals surface area contributed by atoms with Crippen molar-refractivity contribution in [3.8, 4) is 11.5 Å². The molecule has 0 saturated carbocycles. The highest BCUT2D eigenvalue weighted by Crippen LogP contribution is 2.31. The SMILES string of the molecule is COc1cccc(C(=O)OCC(=O)Nc2ccc(Cl)cc2C)c1OC. The Labute approximate surface area is 150 Å². The number of anilines is 1. The first-order valence-corrected chi connectivity index (χ1v) is 7.78. The first kappa shape index (κ1) is 18.6. The third-order valence-corrected chi connectivity index (χ3v) is 3.65. The van der Waals surface area contributed by atoms with E-state index in [1.165, 1.54) is 20.3 Å². The van der Waals surface area contributed by atoms with Crippen LogP contribution in [0.5, 0.6) is 11.5 Å². The summed E-state index contributed by atoms with van der Waals surface area (Å²) in [5, 5.41) is 3.24. The number of halogens is 1. The van der Waals surface area contributed by atoms with E-state index in [2.05, 4.69) is 5.32 Å². The molecule has 0 aliphatic rings. The van der Waals surface area contributed by atoms with Crippen molar-refractivity contribution in [3.63, 3.8) is 0 Å². The van der Waals surface area contributed by atoms with Gasteiger partial charge in [0.05, 0.1) is 14.2 Å².